The molecule has 6 heteroatoms. The Morgan fingerprint density at radius 1 is 1.19 bits per heavy atom. The van der Waals surface area contributed by atoms with E-state index >= 15 is 0 Å². The molecule has 21 heavy (non-hydrogen) atoms. The highest BCUT2D eigenvalue weighted by molar-refractivity contribution is 7.10. The first kappa shape index (κ1) is 13.5. The minimum Gasteiger partial charge on any atom is -0.456 e. The van der Waals surface area contributed by atoms with Gasteiger partial charge in [0.2, 0.25) is 0 Å². The van der Waals surface area contributed by atoms with E-state index in [1.807, 2.05) is 30.5 Å². The van der Waals surface area contributed by atoms with E-state index in [1.165, 1.54) is 0 Å². The molecule has 0 bridgehead atoms. The smallest absolute Gasteiger partial charge is 0.338 e. The summed E-state index contributed by atoms with van der Waals surface area (Å²) in [5, 5.41) is 9.48. The third kappa shape index (κ3) is 3.00. The van der Waals surface area contributed by atoms with Gasteiger partial charge < -0.3 is 4.74 Å². The molecule has 0 saturated carbocycles. The van der Waals surface area contributed by atoms with E-state index in [-0.39, 0.29) is 5.97 Å². The van der Waals surface area contributed by atoms with Gasteiger partial charge in [-0.05, 0) is 48.2 Å². The van der Waals surface area contributed by atoms with Gasteiger partial charge in [0.05, 0.1) is 5.56 Å². The number of carbonyl (C=O) groups is 1. The van der Waals surface area contributed by atoms with Crippen LogP contribution < -0.4 is 0 Å². The number of ether oxygens (including phenoxy) is 1. The number of nitrogens with zero attached hydrogens (tertiary/aromatic N) is 3. The second-order valence-corrected chi connectivity index (χ2v) is 5.52. The summed E-state index contributed by atoms with van der Waals surface area (Å²) >= 11 is 1.59. The second-order valence-electron chi connectivity index (χ2n) is 4.52. The summed E-state index contributed by atoms with van der Waals surface area (Å²) in [6.07, 6.45) is 3.21. The number of hydrogen-bond donors (Lipinski definition) is 0. The molecule has 106 valence electrons. The average molecular weight is 299 g/mol. The zero-order valence-corrected chi connectivity index (χ0v) is 12.2. The Balaban J connectivity index is 1.66. The molecular weight excluding hydrogens is 286 g/mol. The monoisotopic (exact) mass is 299 g/mol. The number of hydrogen-bond acceptors (Lipinski definition) is 5. The number of thiophene rings is 1. The highest BCUT2D eigenvalue weighted by Gasteiger charge is 2.09. The normalized spacial score (nSPS) is 10.5. The van der Waals surface area contributed by atoms with Gasteiger partial charge in [-0.15, -0.1) is 21.5 Å². The third-order valence-electron chi connectivity index (χ3n) is 3.12. The van der Waals surface area contributed by atoms with Crippen molar-refractivity contribution in [2.45, 2.75) is 13.5 Å². The zero-order valence-electron chi connectivity index (χ0n) is 11.4. The van der Waals surface area contributed by atoms with E-state index in [1.54, 1.807) is 40.7 Å². The van der Waals surface area contributed by atoms with Crippen molar-refractivity contribution in [3.05, 3.63) is 64.4 Å². The van der Waals surface area contributed by atoms with Crippen LogP contribution >= 0.6 is 11.3 Å². The van der Waals surface area contributed by atoms with Gasteiger partial charge in [-0.3, -0.25) is 4.57 Å². The maximum absolute atomic E-state index is 12.0. The van der Waals surface area contributed by atoms with Gasteiger partial charge in [0, 0.05) is 10.6 Å². The Morgan fingerprint density at radius 2 is 1.90 bits per heavy atom. The Kier molecular flexibility index (Phi) is 3.79. The van der Waals surface area contributed by atoms with Crippen LogP contribution in [0.1, 0.15) is 20.8 Å². The molecule has 2 heterocycles. The highest BCUT2D eigenvalue weighted by Crippen LogP contribution is 2.17. The summed E-state index contributed by atoms with van der Waals surface area (Å²) in [6, 6.07) is 9.15. The Labute approximate surface area is 125 Å². The molecule has 0 radical (unpaired) electrons. The molecule has 0 N–H and O–H groups in total. The lowest BCUT2D eigenvalue weighted by Crippen LogP contribution is -2.05. The lowest BCUT2D eigenvalue weighted by Gasteiger charge is -2.06. The van der Waals surface area contributed by atoms with Crippen LogP contribution in [-0.2, 0) is 11.3 Å². The van der Waals surface area contributed by atoms with Crippen molar-refractivity contribution in [1.82, 2.24) is 14.8 Å². The fourth-order valence-corrected chi connectivity index (χ4v) is 2.69. The highest BCUT2D eigenvalue weighted by atomic mass is 32.1. The van der Waals surface area contributed by atoms with E-state index < -0.39 is 0 Å². The van der Waals surface area contributed by atoms with Crippen molar-refractivity contribution in [2.75, 3.05) is 0 Å². The maximum atomic E-state index is 12.0. The van der Waals surface area contributed by atoms with Gasteiger partial charge in [0.15, 0.2) is 0 Å². The number of benzene rings is 1. The van der Waals surface area contributed by atoms with E-state index in [9.17, 15) is 4.79 Å². The van der Waals surface area contributed by atoms with Crippen LogP contribution in [0, 0.1) is 6.92 Å². The number of carbonyl (C=O) groups excluding carboxylic acids is 1. The van der Waals surface area contributed by atoms with Crippen LogP contribution in [0.4, 0.5) is 0 Å². The number of esters is 1. The third-order valence-corrected chi connectivity index (χ3v) is 4.12. The summed E-state index contributed by atoms with van der Waals surface area (Å²) in [7, 11) is 0. The summed E-state index contributed by atoms with van der Waals surface area (Å²) in [5.41, 5.74) is 2.57. The SMILES string of the molecule is Cc1ccsc1COC(=O)c1ccc(-n2cnnc2)cc1. The van der Waals surface area contributed by atoms with Crippen LogP contribution in [0.2, 0.25) is 0 Å². The van der Waals surface area contributed by atoms with Crippen molar-refractivity contribution in [3.63, 3.8) is 0 Å². The number of rotatable bonds is 4. The van der Waals surface area contributed by atoms with Crippen LogP contribution in [0.5, 0.6) is 0 Å². The number of aromatic nitrogens is 3. The molecule has 0 unspecified atom stereocenters. The fraction of sp³-hybridized carbons (Fsp3) is 0.133. The van der Waals surface area contributed by atoms with Gasteiger partial charge >= 0.3 is 5.97 Å². The van der Waals surface area contributed by atoms with Crippen molar-refractivity contribution in [2.24, 2.45) is 0 Å². The van der Waals surface area contributed by atoms with Crippen LogP contribution in [0.15, 0.2) is 48.4 Å². The van der Waals surface area contributed by atoms with E-state index in [0.29, 0.717) is 12.2 Å². The first-order valence-corrected chi connectivity index (χ1v) is 7.27. The second kappa shape index (κ2) is 5.88. The predicted molar refractivity (Wildman–Crippen MR) is 79.5 cm³/mol. The van der Waals surface area contributed by atoms with Crippen LogP contribution in [0.3, 0.4) is 0 Å². The molecule has 0 amide bonds. The first-order valence-electron chi connectivity index (χ1n) is 6.39. The Bertz CT molecular complexity index is 733. The lowest BCUT2D eigenvalue weighted by atomic mass is 10.2. The van der Waals surface area contributed by atoms with Crippen molar-refractivity contribution >= 4 is 17.3 Å². The minimum absolute atomic E-state index is 0.315. The molecule has 0 fully saturated rings. The first-order chi connectivity index (χ1) is 10.2. The van der Waals surface area contributed by atoms with Gasteiger partial charge in [-0.1, -0.05) is 0 Å². The fourth-order valence-electron chi connectivity index (χ4n) is 1.87. The predicted octanol–water partition coefficient (Wildman–Crippen LogP) is 2.99. The molecule has 0 saturated heterocycles. The molecule has 2 aromatic heterocycles. The summed E-state index contributed by atoms with van der Waals surface area (Å²) in [4.78, 5) is 13.1. The topological polar surface area (TPSA) is 57.0 Å². The van der Waals surface area contributed by atoms with Gasteiger partial charge in [-0.2, -0.15) is 0 Å². The Morgan fingerprint density at radius 3 is 2.52 bits per heavy atom. The minimum atomic E-state index is -0.321. The largest absolute Gasteiger partial charge is 0.456 e. The van der Waals surface area contributed by atoms with Gasteiger partial charge in [0.1, 0.15) is 19.3 Å². The molecule has 1 aromatic carbocycles. The van der Waals surface area contributed by atoms with E-state index in [4.69, 9.17) is 4.74 Å². The zero-order chi connectivity index (χ0) is 14.7. The van der Waals surface area contributed by atoms with Crippen molar-refractivity contribution in [1.29, 1.82) is 0 Å². The van der Waals surface area contributed by atoms with Crippen LogP contribution in [0.25, 0.3) is 5.69 Å². The summed E-state index contributed by atoms with van der Waals surface area (Å²) in [5.74, 6) is -0.321. The molecule has 5 nitrogen and oxygen atoms in total. The molecule has 3 aromatic rings. The standard InChI is InChI=1S/C15H13N3O2S/c1-11-6-7-21-14(11)8-20-15(19)12-2-4-13(5-3-12)18-9-16-17-10-18/h2-7,9-10H,8H2,1H3. The van der Waals surface area contributed by atoms with Crippen molar-refractivity contribution in [3.8, 4) is 5.69 Å². The average Bonchev–Trinajstić information content (AvgIpc) is 3.17. The molecule has 0 atom stereocenters. The quantitative estimate of drug-likeness (QED) is 0.695. The molecule has 0 spiro atoms. The lowest BCUT2D eigenvalue weighted by molar-refractivity contribution is 0.0476. The maximum Gasteiger partial charge on any atom is 0.338 e. The summed E-state index contributed by atoms with van der Waals surface area (Å²) in [6.45, 7) is 2.32. The van der Waals surface area contributed by atoms with Crippen LogP contribution in [-0.4, -0.2) is 20.7 Å². The van der Waals surface area contributed by atoms with Gasteiger partial charge in [-0.25, -0.2) is 4.79 Å². The molecule has 3 rings (SSSR count). The van der Waals surface area contributed by atoms with Gasteiger partial charge in [0.25, 0.3) is 0 Å². The molecule has 0 aliphatic rings. The molecule has 0 aliphatic carbocycles. The van der Waals surface area contributed by atoms with E-state index in [0.717, 1.165) is 16.1 Å². The summed E-state index contributed by atoms with van der Waals surface area (Å²) < 4.78 is 7.09. The van der Waals surface area contributed by atoms with Crippen molar-refractivity contribution < 1.29 is 9.53 Å². The number of aryl methyl sites for hydroxylation is 1. The Hall–Kier alpha value is -2.47. The van der Waals surface area contributed by atoms with E-state index in [2.05, 4.69) is 10.2 Å². The molecular formula is C15H13N3O2S. The molecule has 0 aliphatic heterocycles.